The number of nitrogen functional groups attached to an aromatic ring is 1. The van der Waals surface area contributed by atoms with Gasteiger partial charge in [0.05, 0.1) is 5.52 Å². The van der Waals surface area contributed by atoms with Crippen LogP contribution in [0.4, 0.5) is 11.5 Å². The molecule has 4 rings (SSSR count). The van der Waals surface area contributed by atoms with Crippen molar-refractivity contribution in [3.8, 4) is 0 Å². The summed E-state index contributed by atoms with van der Waals surface area (Å²) < 4.78 is 1.28. The van der Waals surface area contributed by atoms with Gasteiger partial charge in [-0.15, -0.1) is 11.3 Å². The van der Waals surface area contributed by atoms with E-state index in [-0.39, 0.29) is 0 Å². The number of benzene rings is 1. The molecule has 1 atom stereocenters. The van der Waals surface area contributed by atoms with E-state index in [9.17, 15) is 0 Å². The molecule has 3 aromatic rings. The summed E-state index contributed by atoms with van der Waals surface area (Å²) in [7, 11) is 0. The molecular weight excluding hydrogens is 280 g/mol. The third-order valence-electron chi connectivity index (χ3n) is 4.10. The normalized spacial score (nSPS) is 18.6. The average Bonchev–Trinajstić information content (AvgIpc) is 3.15. The SMILES string of the molecule is Nc1ccc2c(c1)nc(NCC1CCCN1)c1ccsc12. The first kappa shape index (κ1) is 12.9. The topological polar surface area (TPSA) is 63.0 Å². The molecule has 4 nitrogen and oxygen atoms in total. The molecule has 0 radical (unpaired) electrons. The van der Waals surface area contributed by atoms with E-state index >= 15 is 0 Å². The number of nitrogens with one attached hydrogen (secondary N) is 2. The smallest absolute Gasteiger partial charge is 0.135 e. The first-order chi connectivity index (χ1) is 10.3. The van der Waals surface area contributed by atoms with Crippen LogP contribution in [-0.2, 0) is 0 Å². The third-order valence-corrected chi connectivity index (χ3v) is 5.04. The van der Waals surface area contributed by atoms with E-state index in [1.165, 1.54) is 28.3 Å². The van der Waals surface area contributed by atoms with Gasteiger partial charge in [0.2, 0.25) is 0 Å². The highest BCUT2D eigenvalue weighted by Gasteiger charge is 2.15. The van der Waals surface area contributed by atoms with Crippen molar-refractivity contribution < 1.29 is 0 Å². The van der Waals surface area contributed by atoms with E-state index < -0.39 is 0 Å². The molecule has 4 N–H and O–H groups in total. The Morgan fingerprint density at radius 2 is 2.29 bits per heavy atom. The van der Waals surface area contributed by atoms with Crippen LogP contribution in [0.1, 0.15) is 12.8 Å². The lowest BCUT2D eigenvalue weighted by Gasteiger charge is -2.13. The predicted octanol–water partition coefficient (Wildman–Crippen LogP) is 3.20. The Labute approximate surface area is 127 Å². The zero-order valence-electron chi connectivity index (χ0n) is 11.7. The molecule has 108 valence electrons. The monoisotopic (exact) mass is 298 g/mol. The lowest BCUT2D eigenvalue weighted by atomic mass is 10.1. The second-order valence-corrected chi connectivity index (χ2v) is 6.49. The van der Waals surface area contributed by atoms with Crippen LogP contribution in [0.2, 0.25) is 0 Å². The first-order valence-electron chi connectivity index (χ1n) is 7.35. The molecule has 5 heteroatoms. The first-order valence-corrected chi connectivity index (χ1v) is 8.23. The zero-order chi connectivity index (χ0) is 14.2. The van der Waals surface area contributed by atoms with E-state index in [1.807, 2.05) is 12.1 Å². The number of fused-ring (bicyclic) bond motifs is 3. The quantitative estimate of drug-likeness (QED) is 0.650. The molecule has 1 saturated heterocycles. The summed E-state index contributed by atoms with van der Waals surface area (Å²) in [5, 5.41) is 11.5. The van der Waals surface area contributed by atoms with E-state index in [4.69, 9.17) is 10.7 Å². The maximum absolute atomic E-state index is 5.90. The van der Waals surface area contributed by atoms with E-state index in [0.717, 1.165) is 30.1 Å². The van der Waals surface area contributed by atoms with E-state index in [1.54, 1.807) is 11.3 Å². The summed E-state index contributed by atoms with van der Waals surface area (Å²) in [5.74, 6) is 0.970. The molecule has 1 aliphatic rings. The van der Waals surface area contributed by atoms with Gasteiger partial charge in [-0.05, 0) is 49.0 Å². The molecule has 3 heterocycles. The minimum atomic E-state index is 0.553. The van der Waals surface area contributed by atoms with Crippen LogP contribution in [-0.4, -0.2) is 24.1 Å². The molecule has 1 unspecified atom stereocenters. The minimum Gasteiger partial charge on any atom is -0.399 e. The van der Waals surface area contributed by atoms with Crippen LogP contribution in [0, 0.1) is 0 Å². The highest BCUT2D eigenvalue weighted by Crippen LogP contribution is 2.34. The molecule has 2 aromatic heterocycles. The maximum atomic E-state index is 5.90. The highest BCUT2D eigenvalue weighted by molar-refractivity contribution is 7.18. The van der Waals surface area contributed by atoms with Crippen molar-refractivity contribution in [1.82, 2.24) is 10.3 Å². The maximum Gasteiger partial charge on any atom is 0.135 e. The number of hydrogen-bond donors (Lipinski definition) is 3. The molecule has 0 amide bonds. The molecule has 0 saturated carbocycles. The van der Waals surface area contributed by atoms with Crippen molar-refractivity contribution in [3.05, 3.63) is 29.6 Å². The van der Waals surface area contributed by atoms with Crippen molar-refractivity contribution in [2.24, 2.45) is 0 Å². The Morgan fingerprint density at radius 3 is 3.14 bits per heavy atom. The summed E-state index contributed by atoms with van der Waals surface area (Å²) in [4.78, 5) is 4.79. The highest BCUT2D eigenvalue weighted by atomic mass is 32.1. The number of hydrogen-bond acceptors (Lipinski definition) is 5. The molecule has 1 aliphatic heterocycles. The lowest BCUT2D eigenvalue weighted by molar-refractivity contribution is 0.633. The summed E-state index contributed by atoms with van der Waals surface area (Å²) in [5.41, 5.74) is 7.62. The lowest BCUT2D eigenvalue weighted by Crippen LogP contribution is -2.29. The zero-order valence-corrected chi connectivity index (χ0v) is 12.5. The van der Waals surface area contributed by atoms with Gasteiger partial charge in [-0.3, -0.25) is 0 Å². The molecule has 21 heavy (non-hydrogen) atoms. The standard InChI is InChI=1S/C16H18N4S/c17-10-3-4-12-14(8-10)20-16(13-5-7-21-15(12)13)19-9-11-2-1-6-18-11/h3-5,7-8,11,18H,1-2,6,9,17H2,(H,19,20). The number of nitrogens with zero attached hydrogens (tertiary/aromatic N) is 1. The Balaban J connectivity index is 1.76. The van der Waals surface area contributed by atoms with Gasteiger partial charge < -0.3 is 16.4 Å². The van der Waals surface area contributed by atoms with Crippen molar-refractivity contribution >= 4 is 43.8 Å². The number of aromatic nitrogens is 1. The van der Waals surface area contributed by atoms with Gasteiger partial charge in [-0.25, -0.2) is 4.98 Å². The largest absolute Gasteiger partial charge is 0.399 e. The summed E-state index contributed by atoms with van der Waals surface area (Å²) in [6, 6.07) is 8.66. The molecular formula is C16H18N4S. The molecule has 1 fully saturated rings. The van der Waals surface area contributed by atoms with Gasteiger partial charge in [-0.1, -0.05) is 0 Å². The Hall–Kier alpha value is -1.85. The fourth-order valence-corrected chi connectivity index (χ4v) is 3.94. The average molecular weight is 298 g/mol. The summed E-state index contributed by atoms with van der Waals surface area (Å²) in [6.07, 6.45) is 2.50. The number of nitrogens with two attached hydrogens (primary N) is 1. The second kappa shape index (κ2) is 5.16. The number of rotatable bonds is 3. The van der Waals surface area contributed by atoms with Crippen LogP contribution in [0.15, 0.2) is 29.6 Å². The third kappa shape index (κ3) is 2.32. The molecule has 0 bridgehead atoms. The van der Waals surface area contributed by atoms with Gasteiger partial charge in [0, 0.05) is 33.7 Å². The molecule has 0 spiro atoms. The fourth-order valence-electron chi connectivity index (χ4n) is 3.00. The number of thiophene rings is 1. The van der Waals surface area contributed by atoms with Crippen LogP contribution in [0.25, 0.3) is 21.0 Å². The van der Waals surface area contributed by atoms with Crippen molar-refractivity contribution in [1.29, 1.82) is 0 Å². The minimum absolute atomic E-state index is 0.553. The van der Waals surface area contributed by atoms with Gasteiger partial charge in [0.1, 0.15) is 5.82 Å². The molecule has 1 aromatic carbocycles. The van der Waals surface area contributed by atoms with Crippen molar-refractivity contribution in [2.45, 2.75) is 18.9 Å². The summed E-state index contributed by atoms with van der Waals surface area (Å²) in [6.45, 7) is 2.05. The fraction of sp³-hybridized carbons (Fsp3) is 0.312. The van der Waals surface area contributed by atoms with Crippen molar-refractivity contribution in [3.63, 3.8) is 0 Å². The van der Waals surface area contributed by atoms with Gasteiger partial charge >= 0.3 is 0 Å². The Kier molecular flexibility index (Phi) is 3.16. The second-order valence-electron chi connectivity index (χ2n) is 5.57. The Morgan fingerprint density at radius 1 is 1.33 bits per heavy atom. The van der Waals surface area contributed by atoms with Gasteiger partial charge in [-0.2, -0.15) is 0 Å². The van der Waals surface area contributed by atoms with Crippen LogP contribution >= 0.6 is 11.3 Å². The van der Waals surface area contributed by atoms with E-state index in [2.05, 4.69) is 28.1 Å². The summed E-state index contributed by atoms with van der Waals surface area (Å²) >= 11 is 1.76. The molecule has 0 aliphatic carbocycles. The Bertz CT molecular complexity index is 789. The van der Waals surface area contributed by atoms with Crippen LogP contribution in [0.5, 0.6) is 0 Å². The van der Waals surface area contributed by atoms with Gasteiger partial charge in [0.15, 0.2) is 0 Å². The van der Waals surface area contributed by atoms with Crippen LogP contribution < -0.4 is 16.4 Å². The van der Waals surface area contributed by atoms with E-state index in [0.29, 0.717) is 6.04 Å². The number of pyridine rings is 1. The van der Waals surface area contributed by atoms with Crippen molar-refractivity contribution in [2.75, 3.05) is 24.1 Å². The predicted molar refractivity (Wildman–Crippen MR) is 91.1 cm³/mol. The number of anilines is 2. The van der Waals surface area contributed by atoms with Crippen LogP contribution in [0.3, 0.4) is 0 Å². The van der Waals surface area contributed by atoms with Gasteiger partial charge in [0.25, 0.3) is 0 Å².